The van der Waals surface area contributed by atoms with Crippen LogP contribution >= 0.6 is 0 Å². The van der Waals surface area contributed by atoms with Gasteiger partial charge >= 0.3 is 5.97 Å². The van der Waals surface area contributed by atoms with E-state index >= 15 is 0 Å². The SMILES string of the molecule is N[C@@H](Cc1cnc[nH]1)C(=O)N[C@@H](Cc1cnc[nH]1)C(=O)N[C@@H](Cc1cnc[nH]1)C(=O)N[C@@H](CO)C(=O)N[C@@H](CO)C(=O)O. The third-order valence-corrected chi connectivity index (χ3v) is 6.17. The maximum absolute atomic E-state index is 13.5. The minimum Gasteiger partial charge on any atom is -0.480 e. The van der Waals surface area contributed by atoms with Gasteiger partial charge in [0.2, 0.25) is 23.6 Å². The minimum atomic E-state index is -1.68. The van der Waals surface area contributed by atoms with Crippen LogP contribution in [0.4, 0.5) is 0 Å². The van der Waals surface area contributed by atoms with Gasteiger partial charge in [0.1, 0.15) is 24.2 Å². The highest BCUT2D eigenvalue weighted by Gasteiger charge is 2.32. The molecule has 0 saturated carbocycles. The Bertz CT molecular complexity index is 1330. The summed E-state index contributed by atoms with van der Waals surface area (Å²) in [6, 6.07) is -6.93. The number of carbonyl (C=O) groups is 5. The van der Waals surface area contributed by atoms with E-state index in [0.29, 0.717) is 17.1 Å². The van der Waals surface area contributed by atoms with Crippen LogP contribution in [0.2, 0.25) is 0 Å². The number of nitrogens with zero attached hydrogens (tertiary/aromatic N) is 3. The number of aromatic amines is 3. The van der Waals surface area contributed by atoms with Crippen LogP contribution in [0, 0.1) is 0 Å². The van der Waals surface area contributed by atoms with E-state index in [2.05, 4.69) is 45.9 Å². The highest BCUT2D eigenvalue weighted by Crippen LogP contribution is 2.05. The molecule has 0 unspecified atom stereocenters. The Morgan fingerprint density at radius 1 is 0.628 bits per heavy atom. The van der Waals surface area contributed by atoms with Gasteiger partial charge in [0.05, 0.1) is 38.2 Å². The van der Waals surface area contributed by atoms with Crippen molar-refractivity contribution in [2.24, 2.45) is 5.73 Å². The Morgan fingerprint density at radius 2 is 1.00 bits per heavy atom. The second kappa shape index (κ2) is 15.7. The first-order chi connectivity index (χ1) is 20.6. The number of H-pyrrole nitrogens is 3. The number of aliphatic carboxylic acids is 1. The molecule has 0 aromatic carbocycles. The molecular formula is C24H33N11O8. The van der Waals surface area contributed by atoms with Crippen molar-refractivity contribution in [3.05, 3.63) is 54.7 Å². The van der Waals surface area contributed by atoms with Crippen LogP contribution in [0.25, 0.3) is 0 Å². The van der Waals surface area contributed by atoms with Crippen molar-refractivity contribution in [3.8, 4) is 0 Å². The van der Waals surface area contributed by atoms with Gasteiger partial charge < -0.3 is 57.3 Å². The lowest BCUT2D eigenvalue weighted by Gasteiger charge is -2.25. The average Bonchev–Trinajstić information content (AvgIpc) is 3.78. The summed E-state index contributed by atoms with van der Waals surface area (Å²) in [6.45, 7) is -1.85. The molecule has 3 aromatic heterocycles. The second-order valence-corrected chi connectivity index (χ2v) is 9.40. The monoisotopic (exact) mass is 603 g/mol. The lowest BCUT2D eigenvalue weighted by atomic mass is 10.1. The summed E-state index contributed by atoms with van der Waals surface area (Å²) < 4.78 is 0. The van der Waals surface area contributed by atoms with Gasteiger partial charge in [0, 0.05) is 54.9 Å². The molecule has 0 saturated heterocycles. The van der Waals surface area contributed by atoms with Gasteiger partial charge in [0.15, 0.2) is 0 Å². The molecule has 0 spiro atoms. The van der Waals surface area contributed by atoms with Crippen LogP contribution in [0.15, 0.2) is 37.6 Å². The molecule has 43 heavy (non-hydrogen) atoms. The van der Waals surface area contributed by atoms with Crippen LogP contribution < -0.4 is 27.0 Å². The van der Waals surface area contributed by atoms with Crippen LogP contribution in [-0.2, 0) is 43.2 Å². The first-order valence-corrected chi connectivity index (χ1v) is 12.9. The van der Waals surface area contributed by atoms with Crippen LogP contribution in [0.5, 0.6) is 0 Å². The topological polar surface area (TPSA) is 306 Å². The second-order valence-electron chi connectivity index (χ2n) is 9.40. The van der Waals surface area contributed by atoms with Crippen molar-refractivity contribution in [1.82, 2.24) is 51.2 Å². The lowest BCUT2D eigenvalue weighted by Crippen LogP contribution is -2.60. The predicted octanol–water partition coefficient (Wildman–Crippen LogP) is -4.78. The van der Waals surface area contributed by atoms with Crippen molar-refractivity contribution in [2.45, 2.75) is 49.5 Å². The molecule has 0 aliphatic rings. The number of nitrogens with one attached hydrogen (secondary N) is 7. The van der Waals surface area contributed by atoms with E-state index in [-0.39, 0.29) is 19.3 Å². The van der Waals surface area contributed by atoms with E-state index in [1.807, 2.05) is 5.32 Å². The molecule has 4 amide bonds. The smallest absolute Gasteiger partial charge is 0.328 e. The van der Waals surface area contributed by atoms with Gasteiger partial charge in [-0.3, -0.25) is 19.2 Å². The number of hydrogen-bond donors (Lipinski definition) is 11. The largest absolute Gasteiger partial charge is 0.480 e. The number of amides is 4. The normalized spacial score (nSPS) is 14.5. The Hall–Kier alpha value is -5.14. The number of carboxylic acid groups (broad SMARTS) is 1. The Balaban J connectivity index is 1.76. The number of rotatable bonds is 17. The number of nitrogens with two attached hydrogens (primary N) is 1. The van der Waals surface area contributed by atoms with E-state index in [9.17, 15) is 29.1 Å². The number of carboxylic acids is 1. The summed E-state index contributed by atoms with van der Waals surface area (Å²) in [4.78, 5) is 83.4. The number of aromatic nitrogens is 6. The predicted molar refractivity (Wildman–Crippen MR) is 144 cm³/mol. The first kappa shape index (κ1) is 32.4. The van der Waals surface area contributed by atoms with Crippen molar-refractivity contribution in [1.29, 1.82) is 0 Å². The standard InChI is InChI=1S/C24H33N11O8/c25-15(1-12-4-26-9-29-12)20(38)32-16(2-13-5-27-10-30-13)21(39)33-17(3-14-6-28-11-31-14)22(40)34-18(7-36)23(41)35-19(8-37)24(42)43/h4-6,9-11,15-19,36-37H,1-3,7-8,25H2,(H,26,29)(H,27,30)(H,28,31)(H,32,38)(H,33,39)(H,34,40)(H,35,41)(H,42,43)/t15-,16-,17-,18-,19-/m0/s1. The van der Waals surface area contributed by atoms with E-state index < -0.39 is 73.0 Å². The summed E-state index contributed by atoms with van der Waals surface area (Å²) in [5, 5.41) is 37.3. The zero-order valence-electron chi connectivity index (χ0n) is 22.7. The van der Waals surface area contributed by atoms with Gasteiger partial charge in [-0.2, -0.15) is 0 Å². The zero-order chi connectivity index (χ0) is 31.4. The van der Waals surface area contributed by atoms with Crippen LogP contribution in [0.3, 0.4) is 0 Å². The van der Waals surface area contributed by atoms with E-state index in [0.717, 1.165) is 0 Å². The van der Waals surface area contributed by atoms with E-state index in [4.69, 9.17) is 15.9 Å². The van der Waals surface area contributed by atoms with Crippen LogP contribution in [0.1, 0.15) is 17.1 Å². The van der Waals surface area contributed by atoms with E-state index in [1.165, 1.54) is 37.6 Å². The molecule has 3 aromatic rings. The third kappa shape index (κ3) is 9.73. The molecule has 19 nitrogen and oxygen atoms in total. The molecule has 232 valence electrons. The zero-order valence-corrected chi connectivity index (χ0v) is 22.7. The summed E-state index contributed by atoms with van der Waals surface area (Å²) in [6.07, 6.45) is 8.44. The van der Waals surface area contributed by atoms with Crippen molar-refractivity contribution >= 4 is 29.6 Å². The van der Waals surface area contributed by atoms with Gasteiger partial charge in [0.25, 0.3) is 0 Å². The molecule has 12 N–H and O–H groups in total. The third-order valence-electron chi connectivity index (χ3n) is 6.17. The van der Waals surface area contributed by atoms with Gasteiger partial charge in [-0.25, -0.2) is 19.7 Å². The maximum atomic E-state index is 13.5. The van der Waals surface area contributed by atoms with Crippen molar-refractivity contribution in [2.75, 3.05) is 13.2 Å². The highest BCUT2D eigenvalue weighted by molar-refractivity contribution is 5.95. The Labute approximate surface area is 243 Å². The number of carbonyl (C=O) groups excluding carboxylic acids is 4. The molecule has 0 aliphatic carbocycles. The maximum Gasteiger partial charge on any atom is 0.328 e. The summed E-state index contributed by atoms with van der Waals surface area (Å²) in [5.41, 5.74) is 7.55. The number of aliphatic hydroxyl groups excluding tert-OH is 2. The lowest BCUT2D eigenvalue weighted by molar-refractivity contribution is -0.143. The molecule has 0 fully saturated rings. The molecular weight excluding hydrogens is 570 g/mol. The molecule has 3 rings (SSSR count). The van der Waals surface area contributed by atoms with Gasteiger partial charge in [-0.15, -0.1) is 0 Å². The summed E-state index contributed by atoms with van der Waals surface area (Å²) in [5.74, 6) is -4.97. The van der Waals surface area contributed by atoms with E-state index in [1.54, 1.807) is 0 Å². The fourth-order valence-electron chi connectivity index (χ4n) is 3.85. The summed E-state index contributed by atoms with van der Waals surface area (Å²) in [7, 11) is 0. The Kier molecular flexibility index (Phi) is 11.9. The number of imidazole rings is 3. The van der Waals surface area contributed by atoms with Crippen LogP contribution in [-0.4, -0.2) is 118 Å². The Morgan fingerprint density at radius 3 is 1.40 bits per heavy atom. The first-order valence-electron chi connectivity index (χ1n) is 12.9. The molecule has 0 aliphatic heterocycles. The van der Waals surface area contributed by atoms with Crippen molar-refractivity contribution < 1.29 is 39.3 Å². The molecule has 19 heteroatoms. The highest BCUT2D eigenvalue weighted by atomic mass is 16.4. The summed E-state index contributed by atoms with van der Waals surface area (Å²) >= 11 is 0. The fourth-order valence-corrected chi connectivity index (χ4v) is 3.85. The molecule has 5 atom stereocenters. The quantitative estimate of drug-likeness (QED) is 0.0693. The molecule has 0 radical (unpaired) electrons. The molecule has 0 bridgehead atoms. The van der Waals surface area contributed by atoms with Crippen molar-refractivity contribution in [3.63, 3.8) is 0 Å². The minimum absolute atomic E-state index is 0.0494. The fraction of sp³-hybridized carbons (Fsp3) is 0.417. The number of aliphatic hydroxyl groups is 2. The average molecular weight is 604 g/mol. The number of hydrogen-bond acceptors (Lipinski definition) is 11. The molecule has 3 heterocycles. The van der Waals surface area contributed by atoms with Gasteiger partial charge in [-0.1, -0.05) is 0 Å². The van der Waals surface area contributed by atoms with Gasteiger partial charge in [-0.05, 0) is 0 Å².